The number of hydrogen-bond donors (Lipinski definition) is 0. The van der Waals surface area contributed by atoms with Gasteiger partial charge in [0.15, 0.2) is 12.4 Å². The largest absolute Gasteiger partial charge is 0.457 e. The number of ether oxygens (including phenoxy) is 2. The zero-order chi connectivity index (χ0) is 27.7. The van der Waals surface area contributed by atoms with Crippen molar-refractivity contribution in [3.8, 4) is 0 Å². The molecule has 3 rings (SSSR count). The van der Waals surface area contributed by atoms with Crippen molar-refractivity contribution in [3.63, 3.8) is 0 Å². The molecule has 2 atom stereocenters. The highest BCUT2D eigenvalue weighted by molar-refractivity contribution is 5.98. The van der Waals surface area contributed by atoms with E-state index in [0.29, 0.717) is 18.5 Å². The molecule has 8 heteroatoms. The van der Waals surface area contributed by atoms with Crippen molar-refractivity contribution in [1.82, 2.24) is 9.80 Å². The lowest BCUT2D eigenvalue weighted by Gasteiger charge is -2.28. The van der Waals surface area contributed by atoms with Crippen molar-refractivity contribution in [3.05, 3.63) is 84.4 Å². The van der Waals surface area contributed by atoms with Crippen LogP contribution in [0.2, 0.25) is 0 Å². The lowest BCUT2D eigenvalue weighted by Crippen LogP contribution is -2.44. The van der Waals surface area contributed by atoms with Crippen LogP contribution in [0, 0.1) is 11.8 Å². The van der Waals surface area contributed by atoms with Gasteiger partial charge in [-0.3, -0.25) is 19.3 Å². The summed E-state index contributed by atoms with van der Waals surface area (Å²) in [6.07, 6.45) is 1.62. The van der Waals surface area contributed by atoms with E-state index in [1.807, 2.05) is 30.3 Å². The van der Waals surface area contributed by atoms with Crippen LogP contribution in [0.1, 0.15) is 43.1 Å². The predicted molar refractivity (Wildman–Crippen MR) is 143 cm³/mol. The molecule has 1 aliphatic rings. The average Bonchev–Trinajstić information content (AvgIpc) is 3.31. The molecule has 2 unspecified atom stereocenters. The molecule has 1 fully saturated rings. The van der Waals surface area contributed by atoms with Gasteiger partial charge in [-0.05, 0) is 38.7 Å². The number of likely N-dealkylation sites (tertiary alicyclic amines) is 1. The Morgan fingerprint density at radius 3 is 2.24 bits per heavy atom. The van der Waals surface area contributed by atoms with Gasteiger partial charge in [0.1, 0.15) is 12.1 Å². The van der Waals surface area contributed by atoms with Crippen LogP contribution in [-0.2, 0) is 25.6 Å². The molecule has 1 saturated heterocycles. The van der Waals surface area contributed by atoms with E-state index in [2.05, 4.69) is 6.58 Å². The second-order valence-corrected chi connectivity index (χ2v) is 10.4. The Bertz CT molecular complexity index is 1130. The van der Waals surface area contributed by atoms with E-state index in [-0.39, 0.29) is 43.8 Å². The maximum atomic E-state index is 13.3. The molecule has 8 nitrogen and oxygen atoms in total. The molecule has 2 aromatic carbocycles. The maximum absolute atomic E-state index is 13.3. The monoisotopic (exact) mass is 520 g/mol. The fourth-order valence-electron chi connectivity index (χ4n) is 4.32. The van der Waals surface area contributed by atoms with Crippen molar-refractivity contribution < 1.29 is 28.7 Å². The molecule has 0 bridgehead atoms. The molecule has 1 heterocycles. The van der Waals surface area contributed by atoms with Crippen molar-refractivity contribution in [2.45, 2.75) is 39.3 Å². The predicted octanol–water partition coefficient (Wildman–Crippen LogP) is 4.50. The molecule has 38 heavy (non-hydrogen) atoms. The van der Waals surface area contributed by atoms with Crippen LogP contribution in [0.25, 0.3) is 0 Å². The SMILES string of the molecule is C=CCC1CN(C(=O)CN(Cc2ccccc2)C(=O)OC(C)(C)C)CC1C(=O)OCC(=O)c1ccccc1. The Morgan fingerprint density at radius 2 is 1.63 bits per heavy atom. The summed E-state index contributed by atoms with van der Waals surface area (Å²) in [6.45, 7) is 9.20. The number of nitrogens with zero attached hydrogens (tertiary/aromatic N) is 2. The Hall–Kier alpha value is -3.94. The quantitative estimate of drug-likeness (QED) is 0.260. The van der Waals surface area contributed by atoms with Gasteiger partial charge in [-0.25, -0.2) is 4.79 Å². The van der Waals surface area contributed by atoms with Gasteiger partial charge in [-0.1, -0.05) is 66.7 Å². The third kappa shape index (κ3) is 8.30. The zero-order valence-electron chi connectivity index (χ0n) is 22.3. The van der Waals surface area contributed by atoms with Crippen LogP contribution in [0.4, 0.5) is 4.79 Å². The van der Waals surface area contributed by atoms with Crippen LogP contribution in [0.5, 0.6) is 0 Å². The second-order valence-electron chi connectivity index (χ2n) is 10.4. The number of carbonyl (C=O) groups is 4. The van der Waals surface area contributed by atoms with Crippen LogP contribution in [-0.4, -0.2) is 65.4 Å². The summed E-state index contributed by atoms with van der Waals surface area (Å²) in [5, 5.41) is 0. The summed E-state index contributed by atoms with van der Waals surface area (Å²) < 4.78 is 10.9. The highest BCUT2D eigenvalue weighted by Crippen LogP contribution is 2.28. The number of benzene rings is 2. The molecule has 1 aliphatic heterocycles. The van der Waals surface area contributed by atoms with E-state index in [1.165, 1.54) is 4.90 Å². The van der Waals surface area contributed by atoms with Gasteiger partial charge in [0.05, 0.1) is 5.92 Å². The third-order valence-electron chi connectivity index (χ3n) is 6.20. The van der Waals surface area contributed by atoms with Crippen molar-refractivity contribution in [2.24, 2.45) is 11.8 Å². The summed E-state index contributed by atoms with van der Waals surface area (Å²) in [5.74, 6) is -1.90. The maximum Gasteiger partial charge on any atom is 0.411 e. The molecular formula is C30H36N2O6. The van der Waals surface area contributed by atoms with Crippen LogP contribution in [0.3, 0.4) is 0 Å². The number of amides is 2. The molecule has 0 aliphatic carbocycles. The fourth-order valence-corrected chi connectivity index (χ4v) is 4.32. The van der Waals surface area contributed by atoms with Crippen molar-refractivity contribution in [2.75, 3.05) is 26.2 Å². The normalized spacial score (nSPS) is 17.0. The van der Waals surface area contributed by atoms with Gasteiger partial charge < -0.3 is 14.4 Å². The van der Waals surface area contributed by atoms with E-state index < -0.39 is 23.6 Å². The number of esters is 1. The summed E-state index contributed by atoms with van der Waals surface area (Å²) in [6, 6.07) is 18.0. The van der Waals surface area contributed by atoms with E-state index in [4.69, 9.17) is 9.47 Å². The first-order valence-electron chi connectivity index (χ1n) is 12.7. The number of hydrogen-bond acceptors (Lipinski definition) is 6. The molecule has 0 N–H and O–H groups in total. The number of ketones is 1. The lowest BCUT2D eigenvalue weighted by atomic mass is 9.93. The van der Waals surface area contributed by atoms with E-state index in [1.54, 1.807) is 62.1 Å². The van der Waals surface area contributed by atoms with Gasteiger partial charge in [0.25, 0.3) is 0 Å². The Labute approximate surface area is 224 Å². The first-order valence-corrected chi connectivity index (χ1v) is 12.7. The molecule has 0 aromatic heterocycles. The van der Waals surface area contributed by atoms with Gasteiger partial charge in [-0.15, -0.1) is 6.58 Å². The number of rotatable bonds is 10. The minimum Gasteiger partial charge on any atom is -0.457 e. The number of carbonyl (C=O) groups excluding carboxylic acids is 4. The first kappa shape index (κ1) is 28.6. The summed E-state index contributed by atoms with van der Waals surface area (Å²) in [7, 11) is 0. The van der Waals surface area contributed by atoms with Crippen molar-refractivity contribution >= 4 is 23.8 Å². The van der Waals surface area contributed by atoms with Crippen LogP contribution < -0.4 is 0 Å². The van der Waals surface area contributed by atoms with E-state index in [9.17, 15) is 19.2 Å². The summed E-state index contributed by atoms with van der Waals surface area (Å²) in [4.78, 5) is 54.5. The summed E-state index contributed by atoms with van der Waals surface area (Å²) in [5.41, 5.74) is 0.609. The molecule has 0 radical (unpaired) electrons. The highest BCUT2D eigenvalue weighted by Gasteiger charge is 2.40. The van der Waals surface area contributed by atoms with E-state index >= 15 is 0 Å². The average molecular weight is 521 g/mol. The smallest absolute Gasteiger partial charge is 0.411 e. The van der Waals surface area contributed by atoms with Crippen LogP contribution in [0.15, 0.2) is 73.3 Å². The lowest BCUT2D eigenvalue weighted by molar-refractivity contribution is -0.148. The molecule has 0 spiro atoms. The number of allylic oxidation sites excluding steroid dienone is 1. The number of Topliss-reactive ketones (excluding diaryl/α,β-unsaturated/α-hetero) is 1. The van der Waals surface area contributed by atoms with Crippen molar-refractivity contribution in [1.29, 1.82) is 0 Å². The van der Waals surface area contributed by atoms with Gasteiger partial charge in [0.2, 0.25) is 5.91 Å². The molecule has 2 aromatic rings. The third-order valence-corrected chi connectivity index (χ3v) is 6.20. The minimum absolute atomic E-state index is 0.142. The Kier molecular flexibility index (Phi) is 9.82. The van der Waals surface area contributed by atoms with E-state index in [0.717, 1.165) is 5.56 Å². The molecular weight excluding hydrogens is 484 g/mol. The molecule has 202 valence electrons. The first-order chi connectivity index (χ1) is 18.1. The fraction of sp³-hybridized carbons (Fsp3) is 0.400. The Morgan fingerprint density at radius 1 is 1.00 bits per heavy atom. The second kappa shape index (κ2) is 13.0. The Balaban J connectivity index is 1.66. The summed E-state index contributed by atoms with van der Waals surface area (Å²) >= 11 is 0. The minimum atomic E-state index is -0.718. The van der Waals surface area contributed by atoms with Gasteiger partial charge in [0, 0.05) is 25.2 Å². The topological polar surface area (TPSA) is 93.2 Å². The van der Waals surface area contributed by atoms with Crippen LogP contribution >= 0.6 is 0 Å². The molecule has 2 amide bonds. The zero-order valence-corrected chi connectivity index (χ0v) is 22.3. The standard InChI is InChI=1S/C30H36N2O6/c1-5-12-24-18-31(19-25(24)28(35)37-21-26(33)23-15-10-7-11-16-23)27(34)20-32(29(36)38-30(2,3)4)17-22-13-8-6-9-14-22/h5-11,13-16,24-25H,1,12,17-21H2,2-4H3. The van der Waals surface area contributed by atoms with Gasteiger partial charge in [-0.2, -0.15) is 0 Å². The molecule has 0 saturated carbocycles. The highest BCUT2D eigenvalue weighted by atomic mass is 16.6. The van der Waals surface area contributed by atoms with Gasteiger partial charge >= 0.3 is 12.1 Å².